The van der Waals surface area contributed by atoms with Crippen molar-refractivity contribution in [3.8, 4) is 0 Å². The fourth-order valence-electron chi connectivity index (χ4n) is 6.47. The van der Waals surface area contributed by atoms with Crippen molar-refractivity contribution >= 4 is 55.8 Å². The molecule has 2 saturated heterocycles. The molecule has 2 aliphatic rings. The molecular weight excluding hydrogens is 696 g/mol. The number of aryl methyl sites for hydroxylation is 1. The van der Waals surface area contributed by atoms with Crippen LogP contribution in [0.1, 0.15) is 43.3 Å². The number of benzene rings is 3. The number of aliphatic hydroxyl groups excluding tert-OH is 1. The molecule has 17 heteroatoms. The molecule has 16 nitrogen and oxygen atoms in total. The number of nitrogens with one attached hydrogen (secondary N) is 2. The van der Waals surface area contributed by atoms with E-state index in [0.717, 1.165) is 5.56 Å². The third kappa shape index (κ3) is 7.10. The lowest BCUT2D eigenvalue weighted by Crippen LogP contribution is -2.44. The third-order valence-electron chi connectivity index (χ3n) is 8.97. The van der Waals surface area contributed by atoms with Crippen LogP contribution in [0.4, 0.5) is 0 Å². The quantitative estimate of drug-likeness (QED) is 0.146. The fraction of sp³-hybridized carbons (Fsp3) is 0.314. The summed E-state index contributed by atoms with van der Waals surface area (Å²) in [6.07, 6.45) is 0.872. The van der Waals surface area contributed by atoms with Crippen LogP contribution in [0.2, 0.25) is 0 Å². The van der Waals surface area contributed by atoms with Crippen LogP contribution in [0.3, 0.4) is 0 Å². The number of amides is 4. The van der Waals surface area contributed by atoms with Gasteiger partial charge in [0, 0.05) is 12.8 Å². The molecule has 2 atom stereocenters. The Hall–Kier alpha value is -5.65. The first-order chi connectivity index (χ1) is 24.9. The van der Waals surface area contributed by atoms with E-state index in [4.69, 9.17) is 9.29 Å². The van der Waals surface area contributed by atoms with Gasteiger partial charge >= 0.3 is 11.4 Å². The number of imidazole rings is 2. The highest BCUT2D eigenvalue weighted by atomic mass is 32.2. The van der Waals surface area contributed by atoms with E-state index >= 15 is 0 Å². The lowest BCUT2D eigenvalue weighted by molar-refractivity contribution is -0.137. The number of carbonyl (C=O) groups is 4. The van der Waals surface area contributed by atoms with E-state index in [2.05, 4.69) is 10.6 Å². The van der Waals surface area contributed by atoms with Gasteiger partial charge in [-0.3, -0.25) is 52.3 Å². The molecule has 2 aromatic heterocycles. The Morgan fingerprint density at radius 1 is 0.673 bits per heavy atom. The van der Waals surface area contributed by atoms with Gasteiger partial charge in [0.1, 0.15) is 12.1 Å². The number of hydrogen-bond donors (Lipinski definition) is 3. The van der Waals surface area contributed by atoms with E-state index in [1.54, 1.807) is 60.7 Å². The number of imide groups is 2. The Labute approximate surface area is 296 Å². The standard InChI is InChI=1S/C21H21N3O6S.C14H15N3O4/c1-14-6-8-15(9-7-14)31(28,29)30-13-12-23-16-4-2-3-5-17(16)24(21(23)27)18-10-11-19(25)22-20(18)26;18-8-7-16-9-3-1-2-4-10(9)17(14(16)21)11-5-6-12(19)15-13(11)20/h2-9,18H,10-13H2,1H3,(H,22,25,26);1-4,11,18H,5-8H2,(H,15,19,20). The molecule has 3 N–H and O–H groups in total. The minimum absolute atomic E-state index is 0.0231. The molecule has 0 aliphatic carbocycles. The van der Waals surface area contributed by atoms with Gasteiger partial charge in [-0.1, -0.05) is 42.0 Å². The smallest absolute Gasteiger partial charge is 0.329 e. The largest absolute Gasteiger partial charge is 0.395 e. The highest BCUT2D eigenvalue weighted by Crippen LogP contribution is 2.25. The summed E-state index contributed by atoms with van der Waals surface area (Å²) >= 11 is 0. The van der Waals surface area contributed by atoms with Crippen LogP contribution in [-0.4, -0.2) is 68.6 Å². The number of piperidine rings is 2. The second-order valence-electron chi connectivity index (χ2n) is 12.3. The number of carbonyl (C=O) groups excluding carboxylic acids is 4. The number of hydrogen-bond acceptors (Lipinski definition) is 10. The summed E-state index contributed by atoms with van der Waals surface area (Å²) in [5.74, 6) is -1.67. The van der Waals surface area contributed by atoms with Crippen LogP contribution < -0.4 is 22.0 Å². The van der Waals surface area contributed by atoms with E-state index in [9.17, 15) is 37.2 Å². The molecule has 2 fully saturated rings. The zero-order valence-electron chi connectivity index (χ0n) is 28.1. The van der Waals surface area contributed by atoms with E-state index in [0.29, 0.717) is 28.5 Å². The summed E-state index contributed by atoms with van der Waals surface area (Å²) in [6.45, 7) is 1.58. The van der Waals surface area contributed by atoms with Crippen LogP contribution in [0.15, 0.2) is 87.3 Å². The van der Waals surface area contributed by atoms with Crippen LogP contribution in [0.5, 0.6) is 0 Å². The van der Waals surface area contributed by atoms with Gasteiger partial charge in [0.25, 0.3) is 10.1 Å². The van der Waals surface area contributed by atoms with Gasteiger partial charge in [-0.05, 0) is 56.2 Å². The predicted molar refractivity (Wildman–Crippen MR) is 187 cm³/mol. The maximum atomic E-state index is 13.1. The summed E-state index contributed by atoms with van der Waals surface area (Å²) in [5.41, 5.74) is 2.49. The number of fused-ring (bicyclic) bond motifs is 2. The van der Waals surface area contributed by atoms with Crippen LogP contribution in [0.25, 0.3) is 22.1 Å². The van der Waals surface area contributed by atoms with Gasteiger partial charge < -0.3 is 5.11 Å². The lowest BCUT2D eigenvalue weighted by atomic mass is 10.1. The molecule has 4 amide bonds. The summed E-state index contributed by atoms with van der Waals surface area (Å²) in [6, 6.07) is 18.8. The number of rotatable bonds is 9. The third-order valence-corrected chi connectivity index (χ3v) is 10.3. The molecule has 0 spiro atoms. The van der Waals surface area contributed by atoms with Crippen molar-refractivity contribution in [3.05, 3.63) is 99.3 Å². The molecule has 5 aromatic rings. The minimum Gasteiger partial charge on any atom is -0.395 e. The van der Waals surface area contributed by atoms with Gasteiger partial charge in [-0.15, -0.1) is 0 Å². The fourth-order valence-corrected chi connectivity index (χ4v) is 7.37. The van der Waals surface area contributed by atoms with Crippen molar-refractivity contribution in [2.75, 3.05) is 13.2 Å². The van der Waals surface area contributed by atoms with Gasteiger partial charge in [-0.25, -0.2) is 9.59 Å². The minimum atomic E-state index is -3.97. The summed E-state index contributed by atoms with van der Waals surface area (Å²) in [7, 11) is -3.97. The summed E-state index contributed by atoms with van der Waals surface area (Å²) in [4.78, 5) is 72.8. The first-order valence-electron chi connectivity index (χ1n) is 16.5. The maximum absolute atomic E-state index is 13.1. The van der Waals surface area contributed by atoms with Crippen molar-refractivity contribution < 1.29 is 36.9 Å². The van der Waals surface area contributed by atoms with Crippen LogP contribution in [0, 0.1) is 6.92 Å². The van der Waals surface area contributed by atoms with Crippen LogP contribution >= 0.6 is 0 Å². The van der Waals surface area contributed by atoms with Crippen molar-refractivity contribution in [2.45, 2.75) is 62.7 Å². The number of para-hydroxylation sites is 4. The number of nitrogens with zero attached hydrogens (tertiary/aromatic N) is 4. The molecule has 7 rings (SSSR count). The molecule has 0 bridgehead atoms. The molecule has 272 valence electrons. The predicted octanol–water partition coefficient (Wildman–Crippen LogP) is 1.27. The average molecular weight is 733 g/mol. The lowest BCUT2D eigenvalue weighted by Gasteiger charge is -2.21. The van der Waals surface area contributed by atoms with Gasteiger partial charge in [0.05, 0.1) is 53.3 Å². The first kappa shape index (κ1) is 36.2. The second-order valence-corrected chi connectivity index (χ2v) is 13.9. The molecule has 0 saturated carbocycles. The Morgan fingerprint density at radius 3 is 1.56 bits per heavy atom. The SMILES string of the molecule is Cc1ccc(S(=O)(=O)OCCn2c(=O)n(C3CCC(=O)NC3=O)c3ccccc32)cc1.O=C1CCC(n2c(=O)n(CCO)c3ccccc32)C(=O)N1. The van der Waals surface area contributed by atoms with Crippen molar-refractivity contribution in [1.82, 2.24) is 28.9 Å². The topological polar surface area (TPSA) is 210 Å². The number of aliphatic hydroxyl groups is 1. The second kappa shape index (κ2) is 14.9. The molecule has 3 aromatic carbocycles. The van der Waals surface area contributed by atoms with Crippen LogP contribution in [-0.2, 0) is 46.6 Å². The molecule has 52 heavy (non-hydrogen) atoms. The van der Waals surface area contributed by atoms with E-state index in [1.165, 1.54) is 30.4 Å². The zero-order chi connectivity index (χ0) is 37.2. The van der Waals surface area contributed by atoms with Gasteiger partial charge in [0.2, 0.25) is 23.6 Å². The maximum Gasteiger partial charge on any atom is 0.329 e. The normalized spacial score (nSPS) is 17.9. The average Bonchev–Trinajstić information content (AvgIpc) is 3.55. The highest BCUT2D eigenvalue weighted by molar-refractivity contribution is 7.86. The zero-order valence-corrected chi connectivity index (χ0v) is 28.9. The Morgan fingerprint density at radius 2 is 1.12 bits per heavy atom. The summed E-state index contributed by atoms with van der Waals surface area (Å²) in [5, 5.41) is 13.6. The molecule has 0 radical (unpaired) electrons. The van der Waals surface area contributed by atoms with E-state index in [-0.39, 0.29) is 68.0 Å². The van der Waals surface area contributed by atoms with Crippen molar-refractivity contribution in [2.24, 2.45) is 0 Å². The Bertz CT molecular complexity index is 2420. The Balaban J connectivity index is 0.000000192. The highest BCUT2D eigenvalue weighted by Gasteiger charge is 2.33. The van der Waals surface area contributed by atoms with E-state index < -0.39 is 39.7 Å². The molecule has 4 heterocycles. The Kier molecular flexibility index (Phi) is 10.4. The molecule has 2 aliphatic heterocycles. The van der Waals surface area contributed by atoms with Gasteiger partial charge in [0.15, 0.2) is 0 Å². The molecule has 2 unspecified atom stereocenters. The first-order valence-corrected chi connectivity index (χ1v) is 18.0. The monoisotopic (exact) mass is 732 g/mol. The number of aromatic nitrogens is 4. The van der Waals surface area contributed by atoms with Gasteiger partial charge in [-0.2, -0.15) is 8.42 Å². The summed E-state index contributed by atoms with van der Waals surface area (Å²) < 4.78 is 35.5. The van der Waals surface area contributed by atoms with E-state index in [1.807, 2.05) is 6.92 Å². The van der Waals surface area contributed by atoms with Crippen molar-refractivity contribution in [3.63, 3.8) is 0 Å². The van der Waals surface area contributed by atoms with Crippen molar-refractivity contribution in [1.29, 1.82) is 0 Å². The molecular formula is C35H36N6O10S.